The fraction of sp³-hybridized carbons (Fsp3) is 0.857. The monoisotopic (exact) mass is 114 g/mol. The minimum atomic E-state index is 0.315. The molecule has 1 atom stereocenters. The third-order valence-electron chi connectivity index (χ3n) is 1.14. The van der Waals surface area contributed by atoms with E-state index in [1.165, 1.54) is 0 Å². The molecule has 2 N–H and O–H groups in total. The van der Waals surface area contributed by atoms with Crippen molar-refractivity contribution in [3.8, 4) is 0 Å². The zero-order valence-electron chi connectivity index (χ0n) is 5.85. The van der Waals surface area contributed by atoms with Crippen LogP contribution in [0.5, 0.6) is 0 Å². The Balaban J connectivity index is 3.10. The summed E-state index contributed by atoms with van der Waals surface area (Å²) < 4.78 is 0. The lowest BCUT2D eigenvalue weighted by Gasteiger charge is -2.09. The van der Waals surface area contributed by atoms with Gasteiger partial charge in [0.05, 0.1) is 0 Å². The second kappa shape index (κ2) is 3.90. The Morgan fingerprint density at radius 3 is 2.12 bits per heavy atom. The van der Waals surface area contributed by atoms with Crippen molar-refractivity contribution in [1.82, 2.24) is 0 Å². The highest BCUT2D eigenvalue weighted by Gasteiger charge is 2.00. The van der Waals surface area contributed by atoms with Crippen LogP contribution in [0.25, 0.3) is 0 Å². The SMILES string of the molecule is [CH2]CC(N)CC(C)C. The fourth-order valence-corrected chi connectivity index (χ4v) is 0.723. The van der Waals surface area contributed by atoms with Crippen LogP contribution in [-0.4, -0.2) is 6.04 Å². The molecule has 1 nitrogen and oxygen atoms in total. The highest BCUT2D eigenvalue weighted by Crippen LogP contribution is 2.03. The smallest absolute Gasteiger partial charge is 0.00412 e. The molecule has 0 saturated heterocycles. The molecule has 1 unspecified atom stereocenters. The average molecular weight is 114 g/mol. The van der Waals surface area contributed by atoms with Crippen LogP contribution in [0.3, 0.4) is 0 Å². The Labute approximate surface area is 52.3 Å². The van der Waals surface area contributed by atoms with Gasteiger partial charge in [0.25, 0.3) is 0 Å². The zero-order chi connectivity index (χ0) is 6.57. The summed E-state index contributed by atoms with van der Waals surface area (Å²) >= 11 is 0. The van der Waals surface area contributed by atoms with E-state index in [0.717, 1.165) is 12.8 Å². The van der Waals surface area contributed by atoms with Crippen LogP contribution in [0.4, 0.5) is 0 Å². The summed E-state index contributed by atoms with van der Waals surface area (Å²) in [6, 6.07) is 0.315. The lowest BCUT2D eigenvalue weighted by atomic mass is 10.0. The summed E-state index contributed by atoms with van der Waals surface area (Å²) in [6.07, 6.45) is 1.96. The number of rotatable bonds is 3. The van der Waals surface area contributed by atoms with Gasteiger partial charge in [0.2, 0.25) is 0 Å². The normalized spacial score (nSPS) is 14.6. The lowest BCUT2D eigenvalue weighted by molar-refractivity contribution is 0.497. The van der Waals surface area contributed by atoms with Gasteiger partial charge < -0.3 is 5.73 Å². The Bertz CT molecular complexity index is 50.3. The molecule has 0 aliphatic heterocycles. The molecule has 0 rings (SSSR count). The van der Waals surface area contributed by atoms with Crippen LogP contribution in [0.2, 0.25) is 0 Å². The third kappa shape index (κ3) is 4.13. The molecule has 0 aliphatic rings. The highest BCUT2D eigenvalue weighted by atomic mass is 14.6. The van der Waals surface area contributed by atoms with Gasteiger partial charge in [0.1, 0.15) is 0 Å². The maximum atomic E-state index is 5.61. The Morgan fingerprint density at radius 1 is 1.50 bits per heavy atom. The minimum absolute atomic E-state index is 0.315. The van der Waals surface area contributed by atoms with Crippen LogP contribution >= 0.6 is 0 Å². The van der Waals surface area contributed by atoms with Crippen LogP contribution in [0, 0.1) is 12.8 Å². The molecule has 0 aromatic heterocycles. The molecule has 0 aromatic rings. The maximum absolute atomic E-state index is 5.61. The van der Waals surface area contributed by atoms with E-state index in [4.69, 9.17) is 5.73 Å². The summed E-state index contributed by atoms with van der Waals surface area (Å²) in [5.41, 5.74) is 5.61. The first kappa shape index (κ1) is 7.96. The van der Waals surface area contributed by atoms with E-state index in [0.29, 0.717) is 12.0 Å². The van der Waals surface area contributed by atoms with Crippen molar-refractivity contribution in [2.45, 2.75) is 32.7 Å². The number of hydrogen-bond acceptors (Lipinski definition) is 1. The number of hydrogen-bond donors (Lipinski definition) is 1. The van der Waals surface area contributed by atoms with Gasteiger partial charge >= 0.3 is 0 Å². The van der Waals surface area contributed by atoms with E-state index in [2.05, 4.69) is 20.8 Å². The molecular formula is C7H16N. The molecule has 0 spiro atoms. The van der Waals surface area contributed by atoms with Crippen molar-refractivity contribution in [3.05, 3.63) is 6.92 Å². The van der Waals surface area contributed by atoms with Crippen molar-refractivity contribution < 1.29 is 0 Å². The van der Waals surface area contributed by atoms with Gasteiger partial charge in [-0.1, -0.05) is 20.8 Å². The summed E-state index contributed by atoms with van der Waals surface area (Å²) in [7, 11) is 0. The van der Waals surface area contributed by atoms with E-state index in [1.807, 2.05) is 0 Å². The van der Waals surface area contributed by atoms with Crippen molar-refractivity contribution in [3.63, 3.8) is 0 Å². The van der Waals surface area contributed by atoms with Gasteiger partial charge in [0.15, 0.2) is 0 Å². The lowest BCUT2D eigenvalue weighted by Crippen LogP contribution is -2.20. The molecular weight excluding hydrogens is 98.1 g/mol. The predicted molar refractivity (Wildman–Crippen MR) is 37.4 cm³/mol. The second-order valence-corrected chi connectivity index (χ2v) is 2.68. The molecule has 49 valence electrons. The van der Waals surface area contributed by atoms with Crippen molar-refractivity contribution >= 4 is 0 Å². The minimum Gasteiger partial charge on any atom is -0.328 e. The molecule has 0 amide bonds. The number of nitrogens with two attached hydrogens (primary N) is 1. The quantitative estimate of drug-likeness (QED) is 0.592. The molecule has 0 heterocycles. The molecule has 1 radical (unpaired) electrons. The van der Waals surface area contributed by atoms with Gasteiger partial charge in [-0.3, -0.25) is 0 Å². The fourth-order valence-electron chi connectivity index (χ4n) is 0.723. The van der Waals surface area contributed by atoms with Crippen LogP contribution < -0.4 is 5.73 Å². The van der Waals surface area contributed by atoms with Crippen LogP contribution in [-0.2, 0) is 0 Å². The van der Waals surface area contributed by atoms with E-state index in [1.54, 1.807) is 0 Å². The van der Waals surface area contributed by atoms with Crippen molar-refractivity contribution in [2.75, 3.05) is 0 Å². The van der Waals surface area contributed by atoms with E-state index in [-0.39, 0.29) is 0 Å². The van der Waals surface area contributed by atoms with Crippen LogP contribution in [0.15, 0.2) is 0 Å². The highest BCUT2D eigenvalue weighted by molar-refractivity contribution is 4.63. The largest absolute Gasteiger partial charge is 0.328 e. The predicted octanol–water partition coefficient (Wildman–Crippen LogP) is 1.58. The summed E-state index contributed by atoms with van der Waals surface area (Å²) in [4.78, 5) is 0. The van der Waals surface area contributed by atoms with Gasteiger partial charge in [-0.25, -0.2) is 0 Å². The molecule has 0 saturated carbocycles. The maximum Gasteiger partial charge on any atom is 0.00412 e. The Kier molecular flexibility index (Phi) is 3.88. The zero-order valence-corrected chi connectivity index (χ0v) is 5.85. The van der Waals surface area contributed by atoms with E-state index < -0.39 is 0 Å². The first-order chi connectivity index (χ1) is 3.66. The molecule has 0 bridgehead atoms. The second-order valence-electron chi connectivity index (χ2n) is 2.68. The Hall–Kier alpha value is -0.0400. The molecule has 0 aliphatic carbocycles. The molecule has 0 aromatic carbocycles. The van der Waals surface area contributed by atoms with Gasteiger partial charge in [-0.15, -0.1) is 0 Å². The molecule has 1 heteroatoms. The van der Waals surface area contributed by atoms with Crippen molar-refractivity contribution in [1.29, 1.82) is 0 Å². The summed E-state index contributed by atoms with van der Waals surface area (Å²) in [5, 5.41) is 0. The van der Waals surface area contributed by atoms with Crippen LogP contribution in [0.1, 0.15) is 26.7 Å². The van der Waals surface area contributed by atoms with E-state index >= 15 is 0 Å². The first-order valence-electron chi connectivity index (χ1n) is 3.21. The summed E-state index contributed by atoms with van der Waals surface area (Å²) in [5.74, 6) is 0.715. The van der Waals surface area contributed by atoms with E-state index in [9.17, 15) is 0 Å². The standard InChI is InChI=1S/C7H16N/c1-4-7(8)5-6(2)3/h6-7H,1,4-5,8H2,2-3H3. The summed E-state index contributed by atoms with van der Waals surface area (Å²) in [6.45, 7) is 8.07. The van der Waals surface area contributed by atoms with Gasteiger partial charge in [0, 0.05) is 6.04 Å². The average Bonchev–Trinajstić information content (AvgIpc) is 1.65. The third-order valence-corrected chi connectivity index (χ3v) is 1.14. The molecule has 8 heavy (non-hydrogen) atoms. The molecule has 0 fully saturated rings. The Morgan fingerprint density at radius 2 is 2.00 bits per heavy atom. The van der Waals surface area contributed by atoms with Gasteiger partial charge in [-0.2, -0.15) is 0 Å². The first-order valence-corrected chi connectivity index (χ1v) is 3.21. The van der Waals surface area contributed by atoms with Crippen molar-refractivity contribution in [2.24, 2.45) is 11.7 Å². The topological polar surface area (TPSA) is 26.0 Å². The van der Waals surface area contributed by atoms with Gasteiger partial charge in [-0.05, 0) is 18.8 Å².